The Morgan fingerprint density at radius 1 is 1.12 bits per heavy atom. The number of amides is 1. The zero-order valence-corrected chi connectivity index (χ0v) is 18.8. The number of carbonyl (C=O) groups excluding carboxylic acids is 2. The number of Topliss-reactive ketones (excluding diaryl/α,β-unsaturated/α-hetero) is 1. The summed E-state index contributed by atoms with van der Waals surface area (Å²) in [6, 6.07) is 14.9. The minimum Gasteiger partial charge on any atom is -0.481 e. The molecule has 0 aliphatic heterocycles. The van der Waals surface area contributed by atoms with Crippen LogP contribution in [0.2, 0.25) is 5.02 Å². The summed E-state index contributed by atoms with van der Waals surface area (Å²) in [6.45, 7) is -0.366. The van der Waals surface area contributed by atoms with Crippen molar-refractivity contribution in [2.24, 2.45) is 0 Å². The van der Waals surface area contributed by atoms with Crippen LogP contribution in [0.15, 0.2) is 59.5 Å². The van der Waals surface area contributed by atoms with Crippen molar-refractivity contribution in [2.45, 2.75) is 36.3 Å². The van der Waals surface area contributed by atoms with Crippen molar-refractivity contribution >= 4 is 41.2 Å². The molecule has 3 rings (SSSR count). The fourth-order valence-corrected chi connectivity index (χ4v) is 3.52. The molecule has 1 atom stereocenters. The third-order valence-corrected chi connectivity index (χ3v) is 5.51. The first-order valence-electron chi connectivity index (χ1n) is 9.76. The van der Waals surface area contributed by atoms with Gasteiger partial charge in [0.25, 0.3) is 0 Å². The van der Waals surface area contributed by atoms with Crippen LogP contribution in [0.5, 0.6) is 0 Å². The van der Waals surface area contributed by atoms with Gasteiger partial charge in [0.05, 0.1) is 12.2 Å². The summed E-state index contributed by atoms with van der Waals surface area (Å²) in [5.74, 6) is -1.03. The van der Waals surface area contributed by atoms with E-state index in [4.69, 9.17) is 21.4 Å². The first-order valence-corrected chi connectivity index (χ1v) is 11.1. The molecule has 12 heteroatoms. The van der Waals surface area contributed by atoms with Crippen LogP contribution in [-0.2, 0) is 33.2 Å². The molecule has 0 fully saturated rings. The number of halogens is 1. The van der Waals surface area contributed by atoms with E-state index >= 15 is 0 Å². The Kier molecular flexibility index (Phi) is 8.79. The number of ketones is 1. The lowest BCUT2D eigenvalue weighted by Gasteiger charge is -2.15. The Balaban J connectivity index is 1.53. The summed E-state index contributed by atoms with van der Waals surface area (Å²) in [7, 11) is 0. The number of carbonyl (C=O) groups is 3. The van der Waals surface area contributed by atoms with Gasteiger partial charge in [-0.1, -0.05) is 41.9 Å². The molecule has 1 aromatic heterocycles. The van der Waals surface area contributed by atoms with Gasteiger partial charge in [0.15, 0.2) is 11.6 Å². The first kappa shape index (κ1) is 24.2. The Morgan fingerprint density at radius 2 is 1.85 bits per heavy atom. The number of rotatable bonds is 11. The summed E-state index contributed by atoms with van der Waals surface area (Å²) >= 11 is 7.33. The molecule has 172 valence electrons. The van der Waals surface area contributed by atoms with Crippen molar-refractivity contribution in [3.63, 3.8) is 0 Å². The Labute approximate surface area is 198 Å². The van der Waals surface area contributed by atoms with Crippen molar-refractivity contribution in [3.8, 4) is 0 Å². The van der Waals surface area contributed by atoms with Crippen LogP contribution in [0.1, 0.15) is 17.8 Å². The molecule has 0 saturated heterocycles. The highest BCUT2D eigenvalue weighted by Crippen LogP contribution is 2.22. The Bertz CT molecular complexity index is 1090. The molecule has 0 saturated carbocycles. The molecule has 0 spiro atoms. The number of benzene rings is 2. The number of aromatic nitrogens is 4. The molecular weight excluding hydrogens is 470 g/mol. The van der Waals surface area contributed by atoms with Crippen LogP contribution in [0.25, 0.3) is 0 Å². The topological polar surface area (TPSA) is 136 Å². The third-order valence-electron chi connectivity index (χ3n) is 4.25. The highest BCUT2D eigenvalue weighted by molar-refractivity contribution is 7.98. The van der Waals surface area contributed by atoms with Crippen LogP contribution in [-0.4, -0.2) is 49.2 Å². The maximum absolute atomic E-state index is 12.6. The van der Waals surface area contributed by atoms with E-state index in [0.29, 0.717) is 16.6 Å². The predicted octanol–water partition coefficient (Wildman–Crippen LogP) is 2.96. The smallest absolute Gasteiger partial charge is 0.408 e. The SMILES string of the molecule is O=C(O)CC(NC(=O)OCc1ccccc1)C(=O)Cn1nnc(CSc2ccc(Cl)cc2)n1. The van der Waals surface area contributed by atoms with Crippen molar-refractivity contribution in [1.29, 1.82) is 0 Å². The number of hydrogen-bond acceptors (Lipinski definition) is 8. The lowest BCUT2D eigenvalue weighted by molar-refractivity contribution is -0.139. The van der Waals surface area contributed by atoms with Gasteiger partial charge >= 0.3 is 12.1 Å². The van der Waals surface area contributed by atoms with E-state index in [1.165, 1.54) is 11.8 Å². The first-order chi connectivity index (χ1) is 15.9. The molecule has 2 N–H and O–H groups in total. The minimum atomic E-state index is -1.30. The maximum atomic E-state index is 12.6. The molecule has 0 aliphatic rings. The summed E-state index contributed by atoms with van der Waals surface area (Å²) in [6.07, 6.45) is -1.50. The van der Waals surface area contributed by atoms with Crippen LogP contribution in [0.4, 0.5) is 4.79 Å². The fourth-order valence-electron chi connectivity index (χ4n) is 2.66. The van der Waals surface area contributed by atoms with E-state index in [1.54, 1.807) is 36.4 Å². The van der Waals surface area contributed by atoms with E-state index in [1.807, 2.05) is 18.2 Å². The number of alkyl carbamates (subject to hydrolysis) is 1. The molecule has 1 unspecified atom stereocenters. The Hall–Kier alpha value is -3.44. The molecule has 2 aromatic carbocycles. The average Bonchev–Trinajstić information content (AvgIpc) is 3.24. The fraction of sp³-hybridized carbons (Fsp3) is 0.238. The number of ether oxygens (including phenoxy) is 1. The zero-order valence-electron chi connectivity index (χ0n) is 17.3. The summed E-state index contributed by atoms with van der Waals surface area (Å²) in [5.41, 5.74) is 0.754. The van der Waals surface area contributed by atoms with Crippen LogP contribution in [0.3, 0.4) is 0 Å². The number of nitrogens with zero attached hydrogens (tertiary/aromatic N) is 4. The number of carboxylic acids is 1. The van der Waals surface area contributed by atoms with Gasteiger partial charge in [-0.2, -0.15) is 4.80 Å². The van der Waals surface area contributed by atoms with E-state index in [-0.39, 0.29) is 13.2 Å². The number of nitrogens with one attached hydrogen (secondary N) is 1. The van der Waals surface area contributed by atoms with Gasteiger partial charge in [0.1, 0.15) is 19.2 Å². The second kappa shape index (κ2) is 12.0. The minimum absolute atomic E-state index is 0.0140. The molecule has 0 bridgehead atoms. The van der Waals surface area contributed by atoms with E-state index in [0.717, 1.165) is 15.3 Å². The second-order valence-electron chi connectivity index (χ2n) is 6.80. The van der Waals surface area contributed by atoms with Crippen molar-refractivity contribution in [1.82, 2.24) is 25.5 Å². The third kappa shape index (κ3) is 8.20. The lowest BCUT2D eigenvalue weighted by Crippen LogP contribution is -2.44. The van der Waals surface area contributed by atoms with E-state index < -0.39 is 30.3 Å². The van der Waals surface area contributed by atoms with Gasteiger partial charge in [0.2, 0.25) is 0 Å². The highest BCUT2D eigenvalue weighted by Gasteiger charge is 2.25. The number of thioether (sulfide) groups is 1. The summed E-state index contributed by atoms with van der Waals surface area (Å²) < 4.78 is 5.07. The van der Waals surface area contributed by atoms with Gasteiger partial charge in [-0.25, -0.2) is 4.79 Å². The molecule has 10 nitrogen and oxygen atoms in total. The number of tetrazole rings is 1. The van der Waals surface area contributed by atoms with E-state index in [9.17, 15) is 14.4 Å². The number of aliphatic carboxylic acids is 1. The lowest BCUT2D eigenvalue weighted by atomic mass is 10.1. The zero-order chi connectivity index (χ0) is 23.6. The summed E-state index contributed by atoms with van der Waals surface area (Å²) in [4.78, 5) is 37.9. The molecule has 33 heavy (non-hydrogen) atoms. The van der Waals surface area contributed by atoms with Crippen LogP contribution < -0.4 is 5.32 Å². The molecule has 1 heterocycles. The molecule has 0 aliphatic carbocycles. The van der Waals surface area contributed by atoms with Crippen LogP contribution in [0, 0.1) is 0 Å². The standard InChI is InChI=1S/C21H20ClN5O5S/c22-15-6-8-16(9-7-15)33-13-19-24-26-27(25-19)11-18(28)17(10-20(29)30)23-21(31)32-12-14-4-2-1-3-5-14/h1-9,17H,10-13H2,(H,23,31)(H,29,30). The normalized spacial score (nSPS) is 11.5. The second-order valence-corrected chi connectivity index (χ2v) is 8.29. The van der Waals surface area contributed by atoms with Crippen molar-refractivity contribution in [2.75, 3.05) is 0 Å². The summed E-state index contributed by atoms with van der Waals surface area (Å²) in [5, 5.41) is 23.9. The van der Waals surface area contributed by atoms with Gasteiger partial charge in [-0.15, -0.1) is 22.0 Å². The van der Waals surface area contributed by atoms with Crippen molar-refractivity contribution in [3.05, 3.63) is 71.0 Å². The molecule has 1 amide bonds. The van der Waals surface area contributed by atoms with Crippen molar-refractivity contribution < 1.29 is 24.2 Å². The largest absolute Gasteiger partial charge is 0.481 e. The number of hydrogen-bond donors (Lipinski definition) is 2. The monoisotopic (exact) mass is 489 g/mol. The molecular formula is C21H20ClN5O5S. The average molecular weight is 490 g/mol. The van der Waals surface area contributed by atoms with Gasteiger partial charge in [-0.05, 0) is 35.0 Å². The highest BCUT2D eigenvalue weighted by atomic mass is 35.5. The van der Waals surface area contributed by atoms with Gasteiger partial charge in [0, 0.05) is 9.92 Å². The molecule has 3 aromatic rings. The quantitative estimate of drug-likeness (QED) is 0.389. The van der Waals surface area contributed by atoms with Gasteiger partial charge in [-0.3, -0.25) is 9.59 Å². The maximum Gasteiger partial charge on any atom is 0.408 e. The van der Waals surface area contributed by atoms with E-state index in [2.05, 4.69) is 20.7 Å². The number of carboxylic acid groups (broad SMARTS) is 1. The molecule has 0 radical (unpaired) electrons. The van der Waals surface area contributed by atoms with Crippen LogP contribution >= 0.6 is 23.4 Å². The van der Waals surface area contributed by atoms with Gasteiger partial charge < -0.3 is 15.2 Å². The predicted molar refractivity (Wildman–Crippen MR) is 120 cm³/mol. The Morgan fingerprint density at radius 3 is 2.55 bits per heavy atom.